The topological polar surface area (TPSA) is 144 Å². The number of hydrogen-bond acceptors (Lipinski definition) is 5. The van der Waals surface area contributed by atoms with Gasteiger partial charge in [0.1, 0.15) is 5.66 Å². The third-order valence-corrected chi connectivity index (χ3v) is 1.06. The fourth-order valence-electron chi connectivity index (χ4n) is 0.530. The third-order valence-electron chi connectivity index (χ3n) is 1.06. The van der Waals surface area contributed by atoms with Crippen molar-refractivity contribution in [3.8, 4) is 0 Å². The van der Waals surface area contributed by atoms with E-state index in [4.69, 9.17) is 21.7 Å². The summed E-state index contributed by atoms with van der Waals surface area (Å²) in [5, 5.41) is 16.3. The number of Topliss-reactive ketones (excluding diaryl/α,β-unsaturated/α-hetero) is 1. The summed E-state index contributed by atoms with van der Waals surface area (Å²) in [6, 6.07) is 0. The fraction of sp³-hybridized carbons (Fsp3) is 0.400. The Morgan fingerprint density at radius 3 is 1.83 bits per heavy atom. The second kappa shape index (κ2) is 3.28. The minimum Gasteiger partial charge on any atom is -0.481 e. The highest BCUT2D eigenvalue weighted by atomic mass is 16.4. The molecular formula is C5H8N2O5. The lowest BCUT2D eigenvalue weighted by Crippen LogP contribution is -2.60. The van der Waals surface area contributed by atoms with Gasteiger partial charge < -0.3 is 21.7 Å². The van der Waals surface area contributed by atoms with Gasteiger partial charge in [-0.15, -0.1) is 0 Å². The van der Waals surface area contributed by atoms with E-state index in [0.29, 0.717) is 0 Å². The van der Waals surface area contributed by atoms with Gasteiger partial charge in [-0.2, -0.15) is 0 Å². The van der Waals surface area contributed by atoms with E-state index < -0.39 is 29.8 Å². The summed E-state index contributed by atoms with van der Waals surface area (Å²) in [6.45, 7) is 0. The summed E-state index contributed by atoms with van der Waals surface area (Å²) in [6.07, 6.45) is -0.919. The molecule has 0 aliphatic heterocycles. The molecule has 0 heterocycles. The van der Waals surface area contributed by atoms with Crippen LogP contribution in [0.5, 0.6) is 0 Å². The number of nitrogens with two attached hydrogens (primary N) is 2. The minimum atomic E-state index is -2.34. The van der Waals surface area contributed by atoms with E-state index >= 15 is 0 Å². The highest BCUT2D eigenvalue weighted by Gasteiger charge is 2.36. The molecule has 0 saturated heterocycles. The van der Waals surface area contributed by atoms with Crippen molar-refractivity contribution >= 4 is 17.7 Å². The Morgan fingerprint density at radius 1 is 1.17 bits per heavy atom. The van der Waals surface area contributed by atoms with Gasteiger partial charge in [0.2, 0.25) is 0 Å². The van der Waals surface area contributed by atoms with Crippen LogP contribution in [0.3, 0.4) is 0 Å². The van der Waals surface area contributed by atoms with E-state index in [2.05, 4.69) is 0 Å². The first-order valence-electron chi connectivity index (χ1n) is 2.84. The van der Waals surface area contributed by atoms with Crippen molar-refractivity contribution in [2.75, 3.05) is 0 Å². The Labute approximate surface area is 67.0 Å². The quantitative estimate of drug-likeness (QED) is 0.279. The summed E-state index contributed by atoms with van der Waals surface area (Å²) < 4.78 is 0. The molecule has 0 unspecified atom stereocenters. The lowest BCUT2D eigenvalue weighted by molar-refractivity contribution is -0.153. The number of aliphatic carboxylic acids is 2. The molecule has 0 bridgehead atoms. The first-order valence-corrected chi connectivity index (χ1v) is 2.84. The maximum Gasteiger partial charge on any atom is 0.375 e. The monoisotopic (exact) mass is 176 g/mol. The number of hydrogen-bond donors (Lipinski definition) is 4. The predicted octanol–water partition coefficient (Wildman–Crippen LogP) is -2.27. The molecule has 7 nitrogen and oxygen atoms in total. The van der Waals surface area contributed by atoms with Crippen LogP contribution in [0.25, 0.3) is 0 Å². The largest absolute Gasteiger partial charge is 0.481 e. The summed E-state index contributed by atoms with van der Waals surface area (Å²) >= 11 is 0. The van der Waals surface area contributed by atoms with Crippen LogP contribution >= 0.6 is 0 Å². The van der Waals surface area contributed by atoms with Crippen molar-refractivity contribution in [3.05, 3.63) is 0 Å². The van der Waals surface area contributed by atoms with Crippen molar-refractivity contribution in [2.45, 2.75) is 12.1 Å². The van der Waals surface area contributed by atoms with Crippen LogP contribution in [-0.4, -0.2) is 33.6 Å². The van der Waals surface area contributed by atoms with Gasteiger partial charge in [0, 0.05) is 0 Å². The number of rotatable bonds is 4. The SMILES string of the molecule is NC(N)(CC(=O)O)C(=O)C(=O)O. The molecular weight excluding hydrogens is 168 g/mol. The van der Waals surface area contributed by atoms with E-state index in [-0.39, 0.29) is 0 Å². The Bertz CT molecular complexity index is 234. The van der Waals surface area contributed by atoms with Gasteiger partial charge in [0.15, 0.2) is 0 Å². The van der Waals surface area contributed by atoms with Crippen LogP contribution in [0.4, 0.5) is 0 Å². The van der Waals surface area contributed by atoms with Crippen LogP contribution < -0.4 is 11.5 Å². The summed E-state index contributed by atoms with van der Waals surface area (Å²) in [5.41, 5.74) is 7.52. The molecule has 6 N–H and O–H groups in total. The molecule has 0 aliphatic carbocycles. The molecule has 0 aliphatic rings. The Hall–Kier alpha value is -1.47. The molecule has 0 atom stereocenters. The standard InChI is InChI=1S/C5H8N2O5/c6-5(7,1-2(8)9)3(10)4(11)12/h1,6-7H2,(H,8,9)(H,11,12). The number of carbonyl (C=O) groups excluding carboxylic acids is 1. The highest BCUT2D eigenvalue weighted by Crippen LogP contribution is 2.00. The van der Waals surface area contributed by atoms with E-state index in [1.807, 2.05) is 0 Å². The second-order valence-electron chi connectivity index (χ2n) is 2.25. The van der Waals surface area contributed by atoms with Crippen LogP contribution in [0.15, 0.2) is 0 Å². The van der Waals surface area contributed by atoms with Crippen molar-refractivity contribution in [1.29, 1.82) is 0 Å². The lowest BCUT2D eigenvalue weighted by Gasteiger charge is -2.17. The molecule has 0 aromatic heterocycles. The molecule has 0 aromatic carbocycles. The van der Waals surface area contributed by atoms with Crippen molar-refractivity contribution in [1.82, 2.24) is 0 Å². The zero-order valence-corrected chi connectivity index (χ0v) is 5.98. The molecule has 7 heteroatoms. The molecule has 0 aromatic rings. The Morgan fingerprint density at radius 2 is 1.58 bits per heavy atom. The second-order valence-corrected chi connectivity index (χ2v) is 2.25. The van der Waals surface area contributed by atoms with E-state index in [1.54, 1.807) is 0 Å². The average molecular weight is 176 g/mol. The number of ketones is 1. The number of carboxylic acids is 2. The number of carboxylic acid groups (broad SMARTS) is 2. The van der Waals surface area contributed by atoms with Gasteiger partial charge in [-0.1, -0.05) is 0 Å². The fourth-order valence-corrected chi connectivity index (χ4v) is 0.530. The van der Waals surface area contributed by atoms with E-state index in [1.165, 1.54) is 0 Å². The van der Waals surface area contributed by atoms with Gasteiger partial charge in [-0.3, -0.25) is 9.59 Å². The van der Waals surface area contributed by atoms with E-state index in [9.17, 15) is 14.4 Å². The normalized spacial score (nSPS) is 10.8. The number of carbonyl (C=O) groups is 3. The molecule has 12 heavy (non-hydrogen) atoms. The molecule has 0 amide bonds. The molecule has 68 valence electrons. The van der Waals surface area contributed by atoms with Gasteiger partial charge in [-0.25, -0.2) is 4.79 Å². The maximum atomic E-state index is 10.6. The molecule has 0 spiro atoms. The lowest BCUT2D eigenvalue weighted by atomic mass is 10.0. The average Bonchev–Trinajstić information content (AvgIpc) is 1.82. The Balaban J connectivity index is 4.50. The minimum absolute atomic E-state index is 0.919. The summed E-state index contributed by atoms with van der Waals surface area (Å²) in [7, 11) is 0. The highest BCUT2D eigenvalue weighted by molar-refractivity contribution is 6.36. The van der Waals surface area contributed by atoms with Crippen molar-refractivity contribution < 1.29 is 24.6 Å². The van der Waals surface area contributed by atoms with Crippen LogP contribution in [0.1, 0.15) is 6.42 Å². The first-order chi connectivity index (χ1) is 5.27. The Kier molecular flexibility index (Phi) is 2.88. The van der Waals surface area contributed by atoms with E-state index in [0.717, 1.165) is 0 Å². The molecule has 0 radical (unpaired) electrons. The van der Waals surface area contributed by atoms with Crippen LogP contribution in [0, 0.1) is 0 Å². The van der Waals surface area contributed by atoms with Gasteiger partial charge in [0.25, 0.3) is 5.78 Å². The summed E-state index contributed by atoms with van der Waals surface area (Å²) in [4.78, 5) is 30.6. The zero-order valence-electron chi connectivity index (χ0n) is 5.98. The third kappa shape index (κ3) is 2.64. The smallest absolute Gasteiger partial charge is 0.375 e. The molecule has 0 saturated carbocycles. The van der Waals surface area contributed by atoms with Crippen molar-refractivity contribution in [3.63, 3.8) is 0 Å². The predicted molar refractivity (Wildman–Crippen MR) is 36.0 cm³/mol. The first kappa shape index (κ1) is 10.5. The van der Waals surface area contributed by atoms with Crippen LogP contribution in [0.2, 0.25) is 0 Å². The molecule has 0 rings (SSSR count). The van der Waals surface area contributed by atoms with Gasteiger partial charge in [0.05, 0.1) is 6.42 Å². The zero-order chi connectivity index (χ0) is 9.94. The maximum absolute atomic E-state index is 10.6. The van der Waals surface area contributed by atoms with Gasteiger partial charge >= 0.3 is 11.9 Å². The van der Waals surface area contributed by atoms with Gasteiger partial charge in [-0.05, 0) is 0 Å². The van der Waals surface area contributed by atoms with Crippen molar-refractivity contribution in [2.24, 2.45) is 11.5 Å². The summed E-state index contributed by atoms with van der Waals surface area (Å²) in [5.74, 6) is -4.80. The molecule has 0 fully saturated rings. The van der Waals surface area contributed by atoms with Crippen LogP contribution in [-0.2, 0) is 14.4 Å².